The molecule has 1 aliphatic heterocycles. The Hall–Kier alpha value is -3.49. The highest BCUT2D eigenvalue weighted by Crippen LogP contribution is 2.29. The third-order valence-corrected chi connectivity index (χ3v) is 6.62. The summed E-state index contributed by atoms with van der Waals surface area (Å²) in [5.74, 6) is -0.191. The molecule has 0 radical (unpaired) electrons. The number of carbonyl (C=O) groups is 2. The Balaban J connectivity index is 1.50. The molecular weight excluding hydrogens is 513 g/mol. The third-order valence-electron chi connectivity index (χ3n) is 5.95. The summed E-state index contributed by atoms with van der Waals surface area (Å²) < 4.78 is 18.9. The maximum atomic E-state index is 13.5. The zero-order valence-corrected chi connectivity index (χ0v) is 21.9. The zero-order chi connectivity index (χ0) is 26.4. The fourth-order valence-electron chi connectivity index (χ4n) is 4.06. The van der Waals surface area contributed by atoms with E-state index in [9.17, 15) is 14.0 Å². The minimum Gasteiger partial charge on any atom is -0.494 e. The first-order chi connectivity index (χ1) is 17.9. The Morgan fingerprint density at radius 2 is 1.73 bits per heavy atom. The number of thiocarbonyl (C=S) groups is 1. The molecule has 2 amide bonds. The van der Waals surface area contributed by atoms with E-state index in [4.69, 9.17) is 28.6 Å². The number of halogens is 2. The van der Waals surface area contributed by atoms with Crippen LogP contribution in [0.15, 0.2) is 72.8 Å². The summed E-state index contributed by atoms with van der Waals surface area (Å²) in [7, 11) is 0. The molecule has 37 heavy (non-hydrogen) atoms. The monoisotopic (exact) mass is 539 g/mol. The molecule has 0 aromatic heterocycles. The SMILES string of the molecule is CCCOc1ccc(NC(=O)C[C@@H]2C(=O)N(c3ccc(Cl)cc3)C(=S)N2CCc2ccc(F)cc2)cc1. The Morgan fingerprint density at radius 1 is 1.05 bits per heavy atom. The van der Waals surface area contributed by atoms with Crippen molar-refractivity contribution in [2.45, 2.75) is 32.2 Å². The maximum Gasteiger partial charge on any atom is 0.256 e. The summed E-state index contributed by atoms with van der Waals surface area (Å²) in [6.45, 7) is 3.04. The molecule has 0 spiro atoms. The first-order valence-corrected chi connectivity index (χ1v) is 12.8. The van der Waals surface area contributed by atoms with Gasteiger partial charge in [0.2, 0.25) is 5.91 Å². The Kier molecular flexibility index (Phi) is 8.74. The van der Waals surface area contributed by atoms with Gasteiger partial charge in [-0.25, -0.2) is 4.39 Å². The number of ether oxygens (including phenoxy) is 1. The number of hydrogen-bond donors (Lipinski definition) is 1. The maximum absolute atomic E-state index is 13.5. The van der Waals surface area contributed by atoms with Crippen LogP contribution in [-0.4, -0.2) is 41.0 Å². The van der Waals surface area contributed by atoms with Crippen molar-refractivity contribution in [3.05, 3.63) is 89.2 Å². The lowest BCUT2D eigenvalue weighted by Gasteiger charge is -2.24. The second-order valence-electron chi connectivity index (χ2n) is 8.64. The molecule has 1 N–H and O–H groups in total. The molecular formula is C28H27ClFN3O3S. The minimum absolute atomic E-state index is 0.0828. The van der Waals surface area contributed by atoms with Crippen LogP contribution in [0.5, 0.6) is 5.75 Å². The van der Waals surface area contributed by atoms with Crippen LogP contribution in [0.1, 0.15) is 25.3 Å². The molecule has 0 aliphatic carbocycles. The Bertz CT molecular complexity index is 1250. The molecule has 1 fully saturated rings. The Labute approximate surface area is 226 Å². The quantitative estimate of drug-likeness (QED) is 0.328. The first-order valence-electron chi connectivity index (χ1n) is 12.0. The number of carbonyl (C=O) groups excluding carboxylic acids is 2. The summed E-state index contributed by atoms with van der Waals surface area (Å²) in [5.41, 5.74) is 2.08. The van der Waals surface area contributed by atoms with E-state index in [1.807, 2.05) is 6.92 Å². The Morgan fingerprint density at radius 3 is 2.38 bits per heavy atom. The first kappa shape index (κ1) is 26.6. The minimum atomic E-state index is -0.782. The van der Waals surface area contributed by atoms with Gasteiger partial charge >= 0.3 is 0 Å². The van der Waals surface area contributed by atoms with E-state index in [1.54, 1.807) is 65.6 Å². The van der Waals surface area contributed by atoms with Gasteiger partial charge in [0.15, 0.2) is 5.11 Å². The summed E-state index contributed by atoms with van der Waals surface area (Å²) in [4.78, 5) is 29.7. The van der Waals surface area contributed by atoms with Crippen LogP contribution < -0.4 is 15.0 Å². The van der Waals surface area contributed by atoms with Crippen LogP contribution in [-0.2, 0) is 16.0 Å². The molecule has 4 rings (SSSR count). The van der Waals surface area contributed by atoms with Crippen molar-refractivity contribution in [2.75, 3.05) is 23.4 Å². The highest BCUT2D eigenvalue weighted by molar-refractivity contribution is 7.80. The van der Waals surface area contributed by atoms with Crippen LogP contribution in [0.2, 0.25) is 5.02 Å². The molecule has 0 bridgehead atoms. The topological polar surface area (TPSA) is 61.9 Å². The number of amides is 2. The molecule has 192 valence electrons. The van der Waals surface area contributed by atoms with Gasteiger partial charge in [0.1, 0.15) is 17.6 Å². The van der Waals surface area contributed by atoms with Crippen molar-refractivity contribution in [3.8, 4) is 5.75 Å². The smallest absolute Gasteiger partial charge is 0.256 e. The molecule has 3 aromatic rings. The van der Waals surface area contributed by atoms with Crippen LogP contribution in [0, 0.1) is 5.82 Å². The molecule has 9 heteroatoms. The summed E-state index contributed by atoms with van der Waals surface area (Å²) >= 11 is 11.7. The molecule has 1 saturated heterocycles. The normalized spacial score (nSPS) is 15.3. The fourth-order valence-corrected chi connectivity index (χ4v) is 4.60. The van der Waals surface area contributed by atoms with E-state index in [0.29, 0.717) is 41.1 Å². The van der Waals surface area contributed by atoms with Crippen LogP contribution in [0.25, 0.3) is 0 Å². The van der Waals surface area contributed by atoms with Crippen molar-refractivity contribution in [1.82, 2.24) is 4.90 Å². The van der Waals surface area contributed by atoms with Crippen LogP contribution in [0.4, 0.5) is 15.8 Å². The highest BCUT2D eigenvalue weighted by atomic mass is 35.5. The van der Waals surface area contributed by atoms with Gasteiger partial charge < -0.3 is 15.0 Å². The predicted molar refractivity (Wildman–Crippen MR) is 148 cm³/mol. The van der Waals surface area contributed by atoms with Gasteiger partial charge in [-0.15, -0.1) is 0 Å². The van der Waals surface area contributed by atoms with Crippen molar-refractivity contribution < 1.29 is 18.7 Å². The number of hydrogen-bond acceptors (Lipinski definition) is 4. The highest BCUT2D eigenvalue weighted by Gasteiger charge is 2.43. The largest absolute Gasteiger partial charge is 0.494 e. The van der Waals surface area contributed by atoms with Gasteiger partial charge in [0, 0.05) is 17.3 Å². The van der Waals surface area contributed by atoms with Gasteiger partial charge in [-0.2, -0.15) is 0 Å². The number of nitrogens with one attached hydrogen (secondary N) is 1. The van der Waals surface area contributed by atoms with Crippen LogP contribution in [0.3, 0.4) is 0 Å². The number of anilines is 2. The lowest BCUT2D eigenvalue weighted by Crippen LogP contribution is -2.39. The number of benzene rings is 3. The van der Waals surface area contributed by atoms with Crippen molar-refractivity contribution in [1.29, 1.82) is 0 Å². The predicted octanol–water partition coefficient (Wildman–Crippen LogP) is 5.84. The number of rotatable bonds is 10. The summed E-state index contributed by atoms with van der Waals surface area (Å²) in [5, 5.41) is 3.70. The average Bonchev–Trinajstić information content (AvgIpc) is 3.12. The van der Waals surface area contributed by atoms with E-state index in [1.165, 1.54) is 17.0 Å². The van der Waals surface area contributed by atoms with E-state index in [0.717, 1.165) is 17.7 Å². The third kappa shape index (κ3) is 6.64. The van der Waals surface area contributed by atoms with Gasteiger partial charge in [-0.3, -0.25) is 14.5 Å². The summed E-state index contributed by atoms with van der Waals surface area (Å²) in [6, 6.07) is 19.3. The van der Waals surface area contributed by atoms with E-state index in [-0.39, 0.29) is 24.1 Å². The van der Waals surface area contributed by atoms with Gasteiger partial charge in [0.25, 0.3) is 5.91 Å². The molecule has 6 nitrogen and oxygen atoms in total. The lowest BCUT2D eigenvalue weighted by molar-refractivity contribution is -0.124. The standard InChI is InChI=1S/C28H27ClFN3O3S/c1-2-17-36-24-13-9-22(10-14-24)31-26(34)18-25-27(35)33(23-11-5-20(29)6-12-23)28(37)32(25)16-15-19-3-7-21(30)8-4-19/h3-14,25H,2,15-18H2,1H3,(H,31,34)/t25-/m1/s1. The van der Waals surface area contributed by atoms with E-state index in [2.05, 4.69) is 5.32 Å². The fraction of sp³-hybridized carbons (Fsp3) is 0.250. The van der Waals surface area contributed by atoms with Crippen molar-refractivity contribution in [2.24, 2.45) is 0 Å². The van der Waals surface area contributed by atoms with Gasteiger partial charge in [-0.05, 0) is 91.3 Å². The van der Waals surface area contributed by atoms with Gasteiger partial charge in [0.05, 0.1) is 18.7 Å². The number of nitrogens with zero attached hydrogens (tertiary/aromatic N) is 2. The zero-order valence-electron chi connectivity index (χ0n) is 20.3. The van der Waals surface area contributed by atoms with Crippen molar-refractivity contribution in [3.63, 3.8) is 0 Å². The molecule has 1 heterocycles. The molecule has 3 aromatic carbocycles. The summed E-state index contributed by atoms with van der Waals surface area (Å²) in [6.07, 6.45) is 1.35. The molecule has 0 unspecified atom stereocenters. The lowest BCUT2D eigenvalue weighted by atomic mass is 10.1. The van der Waals surface area contributed by atoms with Crippen LogP contribution >= 0.6 is 23.8 Å². The van der Waals surface area contributed by atoms with Crippen molar-refractivity contribution >= 4 is 52.1 Å². The second-order valence-corrected chi connectivity index (χ2v) is 9.45. The van der Waals surface area contributed by atoms with E-state index >= 15 is 0 Å². The molecule has 1 atom stereocenters. The second kappa shape index (κ2) is 12.2. The van der Waals surface area contributed by atoms with Gasteiger partial charge in [-0.1, -0.05) is 30.7 Å². The average molecular weight is 540 g/mol. The molecule has 0 saturated carbocycles. The van der Waals surface area contributed by atoms with E-state index < -0.39 is 6.04 Å². The molecule has 1 aliphatic rings.